The maximum Gasteiger partial charge on any atom is 0.415 e. The highest BCUT2D eigenvalue weighted by molar-refractivity contribution is 6.30. The lowest BCUT2D eigenvalue weighted by Gasteiger charge is -2.40. The van der Waals surface area contributed by atoms with Crippen LogP contribution in [0.4, 0.5) is 22.4 Å². The number of piperidine rings is 1. The van der Waals surface area contributed by atoms with Crippen LogP contribution in [0.25, 0.3) is 0 Å². The first-order chi connectivity index (χ1) is 20.0. The average molecular weight is 610 g/mol. The van der Waals surface area contributed by atoms with Gasteiger partial charge in [0.25, 0.3) is 0 Å². The predicted molar refractivity (Wildman–Crippen MR) is 146 cm³/mol. The van der Waals surface area contributed by atoms with Gasteiger partial charge in [-0.1, -0.05) is 17.7 Å². The molecular formula is C30H32ClF4N3O4. The van der Waals surface area contributed by atoms with Gasteiger partial charge in [-0.15, -0.1) is 0 Å². The van der Waals surface area contributed by atoms with Gasteiger partial charge in [-0.3, -0.25) is 9.59 Å². The van der Waals surface area contributed by atoms with E-state index in [4.69, 9.17) is 16.3 Å². The van der Waals surface area contributed by atoms with Crippen LogP contribution in [0.15, 0.2) is 42.5 Å². The van der Waals surface area contributed by atoms with Crippen molar-refractivity contribution in [3.63, 3.8) is 0 Å². The van der Waals surface area contributed by atoms with Gasteiger partial charge in [0, 0.05) is 63.3 Å². The van der Waals surface area contributed by atoms with E-state index in [2.05, 4.69) is 0 Å². The first kappa shape index (κ1) is 30.1. The molecule has 2 aromatic carbocycles. The van der Waals surface area contributed by atoms with Crippen LogP contribution < -0.4 is 4.74 Å². The van der Waals surface area contributed by atoms with Crippen molar-refractivity contribution in [1.29, 1.82) is 0 Å². The summed E-state index contributed by atoms with van der Waals surface area (Å²) in [6.07, 6.45) is -0.733. The molecule has 0 bridgehead atoms. The minimum absolute atomic E-state index is 0.0452. The van der Waals surface area contributed by atoms with Crippen LogP contribution in [0.3, 0.4) is 0 Å². The number of carbonyl (C=O) groups is 3. The third-order valence-corrected chi connectivity index (χ3v) is 8.87. The molecule has 226 valence electrons. The number of rotatable bonds is 6. The van der Waals surface area contributed by atoms with E-state index in [1.165, 1.54) is 41.3 Å². The zero-order chi connectivity index (χ0) is 30.2. The number of halogens is 5. The van der Waals surface area contributed by atoms with Crippen molar-refractivity contribution in [3.8, 4) is 5.75 Å². The normalized spacial score (nSPS) is 22.5. The van der Waals surface area contributed by atoms with Gasteiger partial charge in [0.2, 0.25) is 17.7 Å². The molecule has 0 aromatic heterocycles. The summed E-state index contributed by atoms with van der Waals surface area (Å²) in [5.74, 6) is -5.61. The molecule has 2 saturated heterocycles. The number of nitrogens with zero attached hydrogens (tertiary/aromatic N) is 3. The summed E-state index contributed by atoms with van der Waals surface area (Å²) in [4.78, 5) is 44.2. The summed E-state index contributed by atoms with van der Waals surface area (Å²) in [5.41, 5.74) is 0.572. The Bertz CT molecular complexity index is 1330. The maximum atomic E-state index is 14.5. The fourth-order valence-electron chi connectivity index (χ4n) is 6.21. The minimum atomic E-state index is -2.78. The van der Waals surface area contributed by atoms with Crippen molar-refractivity contribution in [3.05, 3.63) is 64.7 Å². The average Bonchev–Trinajstić information content (AvgIpc) is 3.39. The lowest BCUT2D eigenvalue weighted by molar-refractivity contribution is -0.161. The van der Waals surface area contributed by atoms with E-state index in [0.29, 0.717) is 31.5 Å². The minimum Gasteiger partial charge on any atom is -0.410 e. The van der Waals surface area contributed by atoms with Crippen LogP contribution in [0, 0.1) is 23.5 Å². The van der Waals surface area contributed by atoms with Crippen molar-refractivity contribution in [2.24, 2.45) is 11.8 Å². The van der Waals surface area contributed by atoms with E-state index < -0.39 is 54.4 Å². The molecule has 12 heteroatoms. The maximum absolute atomic E-state index is 14.5. The van der Waals surface area contributed by atoms with Gasteiger partial charge >= 0.3 is 6.09 Å². The Morgan fingerprint density at radius 2 is 1.60 bits per heavy atom. The van der Waals surface area contributed by atoms with E-state index in [0.717, 1.165) is 0 Å². The number of carbonyl (C=O) groups excluding carboxylic acids is 3. The Hall–Kier alpha value is -3.34. The Morgan fingerprint density at radius 1 is 0.952 bits per heavy atom. The molecule has 5 rings (SSSR count). The lowest BCUT2D eigenvalue weighted by Crippen LogP contribution is -2.50. The number of benzene rings is 2. The van der Waals surface area contributed by atoms with Gasteiger partial charge < -0.3 is 19.4 Å². The van der Waals surface area contributed by atoms with Crippen molar-refractivity contribution >= 4 is 29.5 Å². The second kappa shape index (κ2) is 12.1. The second-order valence-corrected chi connectivity index (χ2v) is 11.7. The molecule has 2 atom stereocenters. The van der Waals surface area contributed by atoms with Crippen molar-refractivity contribution in [2.45, 2.75) is 50.5 Å². The Kier molecular flexibility index (Phi) is 8.68. The third kappa shape index (κ3) is 6.35. The van der Waals surface area contributed by atoms with Gasteiger partial charge in [-0.05, 0) is 61.7 Å². The Labute approximate surface area is 246 Å². The molecule has 1 unspecified atom stereocenters. The van der Waals surface area contributed by atoms with E-state index >= 15 is 0 Å². The van der Waals surface area contributed by atoms with Crippen LogP contribution in [0.1, 0.15) is 44.1 Å². The molecule has 0 N–H and O–H groups in total. The number of amides is 3. The van der Waals surface area contributed by atoms with E-state index in [1.807, 2.05) is 0 Å². The summed E-state index contributed by atoms with van der Waals surface area (Å²) < 4.78 is 59.8. The van der Waals surface area contributed by atoms with Crippen LogP contribution in [0.5, 0.6) is 5.75 Å². The highest BCUT2D eigenvalue weighted by atomic mass is 35.5. The molecule has 3 fully saturated rings. The fraction of sp³-hybridized carbons (Fsp3) is 0.500. The number of hydrogen-bond acceptors (Lipinski definition) is 4. The third-order valence-electron chi connectivity index (χ3n) is 8.56. The summed E-state index contributed by atoms with van der Waals surface area (Å²) in [6.45, 7) is 3.02. The van der Waals surface area contributed by atoms with Crippen molar-refractivity contribution in [2.75, 3.05) is 32.7 Å². The van der Waals surface area contributed by atoms with Crippen LogP contribution in [0.2, 0.25) is 5.02 Å². The summed E-state index contributed by atoms with van der Waals surface area (Å²) in [7, 11) is 0. The molecule has 0 radical (unpaired) electrons. The van der Waals surface area contributed by atoms with Gasteiger partial charge in [-0.25, -0.2) is 22.4 Å². The quantitative estimate of drug-likeness (QED) is 0.393. The number of likely N-dealkylation sites (N-methyl/N-ethyl adjacent to an activating group) is 1. The highest BCUT2D eigenvalue weighted by Crippen LogP contribution is 2.43. The molecular weight excluding hydrogens is 578 g/mol. The zero-order valence-corrected chi connectivity index (χ0v) is 23.8. The Balaban J connectivity index is 1.29. The summed E-state index contributed by atoms with van der Waals surface area (Å²) in [6, 6.07) is 8.89. The number of alkyl halides is 2. The van der Waals surface area contributed by atoms with Crippen molar-refractivity contribution < 1.29 is 36.7 Å². The highest BCUT2D eigenvalue weighted by Gasteiger charge is 2.50. The second-order valence-electron chi connectivity index (χ2n) is 11.3. The Morgan fingerprint density at radius 3 is 2.19 bits per heavy atom. The lowest BCUT2D eigenvalue weighted by atomic mass is 9.80. The van der Waals surface area contributed by atoms with E-state index in [1.54, 1.807) is 22.8 Å². The largest absolute Gasteiger partial charge is 0.415 e. The first-order valence-corrected chi connectivity index (χ1v) is 14.5. The smallest absolute Gasteiger partial charge is 0.410 e. The fourth-order valence-corrected chi connectivity index (χ4v) is 6.33. The first-order valence-electron chi connectivity index (χ1n) is 14.1. The number of likely N-dealkylation sites (tertiary alicyclic amines) is 2. The van der Waals surface area contributed by atoms with Gasteiger partial charge in [0.1, 0.15) is 17.4 Å². The molecule has 1 aliphatic carbocycles. The molecule has 0 spiro atoms. The molecule has 7 nitrogen and oxygen atoms in total. The molecule has 3 aliphatic rings. The van der Waals surface area contributed by atoms with Crippen LogP contribution in [-0.2, 0) is 9.59 Å². The van der Waals surface area contributed by atoms with Gasteiger partial charge in [0.15, 0.2) is 0 Å². The molecule has 2 heterocycles. The standard InChI is InChI=1S/C30H32ClF4N3O4/c1-2-38(29(41)42-22-6-4-21(32)5-7-22)26-17-37(16-23(26)19-3-8-24(31)25(33)13-19)27(39)18-9-11-36(12-10-18)28(40)20-14-30(34,35)15-20/h3-8,13,18,20,23,26H,2,9-12,14-17H2,1H3/t23?,26-/m1/s1. The predicted octanol–water partition coefficient (Wildman–Crippen LogP) is 5.72. The summed E-state index contributed by atoms with van der Waals surface area (Å²) in [5, 5.41) is -0.0452. The van der Waals surface area contributed by atoms with Crippen LogP contribution >= 0.6 is 11.6 Å². The van der Waals surface area contributed by atoms with Crippen LogP contribution in [-0.4, -0.2) is 77.3 Å². The molecule has 3 amide bonds. The molecule has 1 saturated carbocycles. The number of hydrogen-bond donors (Lipinski definition) is 0. The molecule has 2 aliphatic heterocycles. The van der Waals surface area contributed by atoms with E-state index in [-0.39, 0.29) is 48.1 Å². The summed E-state index contributed by atoms with van der Waals surface area (Å²) >= 11 is 5.91. The zero-order valence-electron chi connectivity index (χ0n) is 23.1. The topological polar surface area (TPSA) is 70.2 Å². The van der Waals surface area contributed by atoms with Crippen molar-refractivity contribution in [1.82, 2.24) is 14.7 Å². The number of ether oxygens (including phenoxy) is 1. The SMILES string of the molecule is CCN(C(=O)Oc1ccc(F)cc1)[C@@H]1CN(C(=O)C2CCN(C(=O)C3CC(F)(F)C3)CC2)CC1c1ccc(Cl)c(F)c1. The monoisotopic (exact) mass is 609 g/mol. The van der Waals surface area contributed by atoms with E-state index in [9.17, 15) is 31.9 Å². The van der Waals surface area contributed by atoms with Gasteiger partial charge in [-0.2, -0.15) is 0 Å². The van der Waals surface area contributed by atoms with Gasteiger partial charge in [0.05, 0.1) is 11.1 Å². The molecule has 42 heavy (non-hydrogen) atoms. The molecule has 2 aromatic rings.